The summed E-state index contributed by atoms with van der Waals surface area (Å²) in [6.07, 6.45) is 1.27. The van der Waals surface area contributed by atoms with Crippen molar-refractivity contribution in [3.8, 4) is 0 Å². The van der Waals surface area contributed by atoms with Gasteiger partial charge in [-0.2, -0.15) is 0 Å². The van der Waals surface area contributed by atoms with E-state index in [0.29, 0.717) is 17.8 Å². The van der Waals surface area contributed by atoms with Gasteiger partial charge in [-0.25, -0.2) is 0 Å². The average molecular weight is 300 g/mol. The van der Waals surface area contributed by atoms with Crippen LogP contribution >= 0.6 is 11.6 Å². The van der Waals surface area contributed by atoms with Crippen LogP contribution in [-0.2, 0) is 0 Å². The van der Waals surface area contributed by atoms with E-state index >= 15 is 0 Å². The van der Waals surface area contributed by atoms with Gasteiger partial charge >= 0.3 is 0 Å². The second kappa shape index (κ2) is 6.64. The van der Waals surface area contributed by atoms with Gasteiger partial charge in [-0.15, -0.1) is 0 Å². The molecule has 110 valence electrons. The molecule has 1 saturated carbocycles. The number of rotatable bonds is 6. The summed E-state index contributed by atoms with van der Waals surface area (Å²) in [5, 5.41) is 4.41. The molecular formula is C19H22ClN. The van der Waals surface area contributed by atoms with E-state index in [1.807, 2.05) is 12.1 Å². The largest absolute Gasteiger partial charge is 0.316 e. The molecule has 21 heavy (non-hydrogen) atoms. The fraction of sp³-hybridized carbons (Fsp3) is 0.368. The van der Waals surface area contributed by atoms with Crippen LogP contribution < -0.4 is 5.32 Å². The predicted molar refractivity (Wildman–Crippen MR) is 90.0 cm³/mol. The molecule has 3 atom stereocenters. The lowest BCUT2D eigenvalue weighted by molar-refractivity contribution is 0.536. The van der Waals surface area contributed by atoms with Gasteiger partial charge in [-0.1, -0.05) is 67.1 Å². The van der Waals surface area contributed by atoms with Crippen LogP contribution in [0, 0.1) is 5.92 Å². The van der Waals surface area contributed by atoms with Crippen LogP contribution in [0.4, 0.5) is 0 Å². The lowest BCUT2D eigenvalue weighted by Crippen LogP contribution is -2.23. The maximum absolute atomic E-state index is 6.44. The summed E-state index contributed by atoms with van der Waals surface area (Å²) in [7, 11) is 0. The maximum Gasteiger partial charge on any atom is 0.0441 e. The van der Waals surface area contributed by atoms with Gasteiger partial charge in [0.05, 0.1) is 0 Å². The summed E-state index contributed by atoms with van der Waals surface area (Å²) in [5.41, 5.74) is 2.76. The van der Waals surface area contributed by atoms with Gasteiger partial charge in [0.2, 0.25) is 0 Å². The molecule has 1 fully saturated rings. The van der Waals surface area contributed by atoms with Crippen molar-refractivity contribution in [2.75, 3.05) is 13.1 Å². The highest BCUT2D eigenvalue weighted by molar-refractivity contribution is 6.31. The quantitative estimate of drug-likeness (QED) is 0.805. The minimum atomic E-state index is 0.504. The SMILES string of the molecule is CCNCC(c1ccccc1Cl)C1CC1c1ccccc1. The molecule has 1 aliphatic rings. The van der Waals surface area contributed by atoms with E-state index in [0.717, 1.165) is 18.1 Å². The number of nitrogens with one attached hydrogen (secondary N) is 1. The average Bonchev–Trinajstić information content (AvgIpc) is 3.31. The molecule has 1 N–H and O–H groups in total. The fourth-order valence-corrected chi connectivity index (χ4v) is 3.59. The summed E-state index contributed by atoms with van der Waals surface area (Å²) >= 11 is 6.44. The molecule has 1 aliphatic carbocycles. The molecule has 0 bridgehead atoms. The standard InChI is InChI=1S/C19H22ClN/c1-2-21-13-18(15-10-6-7-11-19(15)20)17-12-16(17)14-8-4-3-5-9-14/h3-11,16-18,21H,2,12-13H2,1H3. The second-order valence-electron chi connectivity index (χ2n) is 5.85. The van der Waals surface area contributed by atoms with Crippen LogP contribution in [0.1, 0.15) is 36.3 Å². The first kappa shape index (κ1) is 14.6. The van der Waals surface area contributed by atoms with Gasteiger partial charge in [0.25, 0.3) is 0 Å². The maximum atomic E-state index is 6.44. The second-order valence-corrected chi connectivity index (χ2v) is 6.26. The molecule has 0 spiro atoms. The highest BCUT2D eigenvalue weighted by Gasteiger charge is 2.44. The molecule has 3 rings (SSSR count). The van der Waals surface area contributed by atoms with Gasteiger partial charge in [0.15, 0.2) is 0 Å². The molecule has 3 unspecified atom stereocenters. The van der Waals surface area contributed by atoms with Crippen molar-refractivity contribution in [1.29, 1.82) is 0 Å². The Bertz CT molecular complexity index is 581. The van der Waals surface area contributed by atoms with E-state index in [1.165, 1.54) is 17.5 Å². The molecule has 0 radical (unpaired) electrons. The summed E-state index contributed by atoms with van der Waals surface area (Å²) in [5.74, 6) is 1.89. The van der Waals surface area contributed by atoms with Gasteiger partial charge in [-0.05, 0) is 42.0 Å². The number of hydrogen-bond acceptors (Lipinski definition) is 1. The number of benzene rings is 2. The molecular weight excluding hydrogens is 278 g/mol. The summed E-state index contributed by atoms with van der Waals surface area (Å²) in [6, 6.07) is 19.2. The van der Waals surface area contributed by atoms with E-state index in [1.54, 1.807) is 0 Å². The topological polar surface area (TPSA) is 12.0 Å². The zero-order chi connectivity index (χ0) is 14.7. The van der Waals surface area contributed by atoms with Crippen molar-refractivity contribution in [2.24, 2.45) is 5.92 Å². The molecule has 0 aromatic heterocycles. The summed E-state index contributed by atoms with van der Waals surface area (Å²) < 4.78 is 0. The minimum absolute atomic E-state index is 0.504. The normalized spacial score (nSPS) is 22.0. The first-order chi connectivity index (χ1) is 10.3. The van der Waals surface area contributed by atoms with Crippen molar-refractivity contribution in [3.63, 3.8) is 0 Å². The van der Waals surface area contributed by atoms with Crippen molar-refractivity contribution in [2.45, 2.75) is 25.2 Å². The minimum Gasteiger partial charge on any atom is -0.316 e. The van der Waals surface area contributed by atoms with E-state index in [-0.39, 0.29) is 0 Å². The molecule has 2 aromatic rings. The zero-order valence-corrected chi connectivity index (χ0v) is 13.2. The fourth-order valence-electron chi connectivity index (χ4n) is 3.31. The Balaban J connectivity index is 1.80. The van der Waals surface area contributed by atoms with Crippen LogP contribution in [0.15, 0.2) is 54.6 Å². The van der Waals surface area contributed by atoms with E-state index in [2.05, 4.69) is 54.7 Å². The zero-order valence-electron chi connectivity index (χ0n) is 12.4. The van der Waals surface area contributed by atoms with E-state index < -0.39 is 0 Å². The van der Waals surface area contributed by atoms with Crippen LogP contribution in [0.2, 0.25) is 5.02 Å². The Morgan fingerprint density at radius 1 is 1.10 bits per heavy atom. The number of likely N-dealkylation sites (N-methyl/N-ethyl adjacent to an activating group) is 1. The molecule has 0 saturated heterocycles. The van der Waals surface area contributed by atoms with E-state index in [9.17, 15) is 0 Å². The van der Waals surface area contributed by atoms with Crippen LogP contribution in [0.3, 0.4) is 0 Å². The summed E-state index contributed by atoms with van der Waals surface area (Å²) in [4.78, 5) is 0. The van der Waals surface area contributed by atoms with Crippen LogP contribution in [0.25, 0.3) is 0 Å². The van der Waals surface area contributed by atoms with Crippen molar-refractivity contribution < 1.29 is 0 Å². The Labute approximate surface area is 132 Å². The molecule has 2 aromatic carbocycles. The highest BCUT2D eigenvalue weighted by atomic mass is 35.5. The van der Waals surface area contributed by atoms with Crippen LogP contribution in [-0.4, -0.2) is 13.1 Å². The van der Waals surface area contributed by atoms with Crippen molar-refractivity contribution in [3.05, 3.63) is 70.7 Å². The number of halogens is 1. The van der Waals surface area contributed by atoms with Gasteiger partial charge in [0.1, 0.15) is 0 Å². The third-order valence-electron chi connectivity index (χ3n) is 4.50. The van der Waals surface area contributed by atoms with Crippen molar-refractivity contribution in [1.82, 2.24) is 5.32 Å². The first-order valence-corrected chi connectivity index (χ1v) is 8.19. The van der Waals surface area contributed by atoms with Gasteiger partial charge in [-0.3, -0.25) is 0 Å². The Kier molecular flexibility index (Phi) is 4.62. The number of hydrogen-bond donors (Lipinski definition) is 1. The third kappa shape index (κ3) is 3.30. The smallest absolute Gasteiger partial charge is 0.0441 e. The molecule has 0 amide bonds. The predicted octanol–water partition coefficient (Wildman–Crippen LogP) is 4.84. The monoisotopic (exact) mass is 299 g/mol. The first-order valence-electron chi connectivity index (χ1n) is 7.81. The summed E-state index contributed by atoms with van der Waals surface area (Å²) in [6.45, 7) is 4.17. The molecule has 2 heteroatoms. The lowest BCUT2D eigenvalue weighted by Gasteiger charge is -2.19. The Morgan fingerprint density at radius 3 is 2.52 bits per heavy atom. The van der Waals surface area contributed by atoms with Gasteiger partial charge < -0.3 is 5.32 Å². The highest BCUT2D eigenvalue weighted by Crippen LogP contribution is 2.55. The Hall–Kier alpha value is -1.31. The lowest BCUT2D eigenvalue weighted by atomic mass is 9.91. The van der Waals surface area contributed by atoms with Gasteiger partial charge in [0, 0.05) is 17.5 Å². The molecule has 0 aliphatic heterocycles. The molecule has 1 nitrogen and oxygen atoms in total. The van der Waals surface area contributed by atoms with Crippen molar-refractivity contribution >= 4 is 11.6 Å². The molecule has 0 heterocycles. The Morgan fingerprint density at radius 2 is 1.81 bits per heavy atom. The third-order valence-corrected chi connectivity index (χ3v) is 4.85. The van der Waals surface area contributed by atoms with E-state index in [4.69, 9.17) is 11.6 Å². The van der Waals surface area contributed by atoms with Crippen LogP contribution in [0.5, 0.6) is 0 Å².